The second-order valence-electron chi connectivity index (χ2n) is 5.06. The van der Waals surface area contributed by atoms with Crippen molar-refractivity contribution >= 4 is 11.6 Å². The first kappa shape index (κ1) is 14.3. The van der Waals surface area contributed by atoms with Gasteiger partial charge in [0, 0.05) is 37.2 Å². The van der Waals surface area contributed by atoms with Crippen LogP contribution in [0.4, 0.5) is 5.69 Å². The lowest BCUT2D eigenvalue weighted by atomic mass is 10.1. The van der Waals surface area contributed by atoms with Crippen LogP contribution in [0, 0.1) is 16.0 Å². The number of nitrogens with zero attached hydrogens (tertiary/aromatic N) is 2. The maximum absolute atomic E-state index is 11.8. The number of benzene rings is 1. The molecule has 6 nitrogen and oxygen atoms in total. The molecule has 0 unspecified atom stereocenters. The van der Waals surface area contributed by atoms with Gasteiger partial charge in [0.15, 0.2) is 0 Å². The molecule has 1 aliphatic rings. The van der Waals surface area contributed by atoms with E-state index in [1.807, 2.05) is 31.3 Å². The van der Waals surface area contributed by atoms with E-state index in [-0.39, 0.29) is 10.8 Å². The third-order valence-electron chi connectivity index (χ3n) is 3.69. The average molecular weight is 277 g/mol. The zero-order chi connectivity index (χ0) is 14.7. The fourth-order valence-corrected chi connectivity index (χ4v) is 2.21. The Kier molecular flexibility index (Phi) is 4.22. The van der Waals surface area contributed by atoms with Crippen LogP contribution < -0.4 is 10.2 Å². The van der Waals surface area contributed by atoms with Crippen LogP contribution in [-0.2, 0) is 11.3 Å². The number of hydrogen-bond acceptors (Lipinski definition) is 4. The Morgan fingerprint density at radius 3 is 2.80 bits per heavy atom. The predicted octanol–water partition coefficient (Wildman–Crippen LogP) is 1.42. The molecule has 0 aromatic heterocycles. The smallest absolute Gasteiger partial charge is 0.230 e. The van der Waals surface area contributed by atoms with Gasteiger partial charge in [0.1, 0.15) is 5.92 Å². The molecule has 1 saturated carbocycles. The second kappa shape index (κ2) is 5.90. The normalized spacial score (nSPS) is 20.3. The third-order valence-corrected chi connectivity index (χ3v) is 3.69. The number of nitro groups is 1. The Bertz CT molecular complexity index is 518. The highest BCUT2D eigenvalue weighted by Gasteiger charge is 2.53. The minimum absolute atomic E-state index is 0.222. The van der Waals surface area contributed by atoms with Crippen molar-refractivity contribution < 1.29 is 9.72 Å². The van der Waals surface area contributed by atoms with E-state index in [0.717, 1.165) is 17.8 Å². The van der Waals surface area contributed by atoms with Crippen LogP contribution in [0.3, 0.4) is 0 Å². The summed E-state index contributed by atoms with van der Waals surface area (Å²) in [5.74, 6) is -0.679. The first-order chi connectivity index (χ1) is 9.54. The molecule has 1 aliphatic carbocycles. The Morgan fingerprint density at radius 1 is 1.50 bits per heavy atom. The second-order valence-corrected chi connectivity index (χ2v) is 5.06. The highest BCUT2D eigenvalue weighted by molar-refractivity contribution is 5.82. The maximum Gasteiger partial charge on any atom is 0.230 e. The van der Waals surface area contributed by atoms with E-state index < -0.39 is 12.0 Å². The minimum Gasteiger partial charge on any atom is -0.375 e. The van der Waals surface area contributed by atoms with Crippen molar-refractivity contribution in [2.24, 2.45) is 5.92 Å². The molecule has 1 aromatic rings. The molecule has 20 heavy (non-hydrogen) atoms. The summed E-state index contributed by atoms with van der Waals surface area (Å²) < 4.78 is 0. The maximum atomic E-state index is 11.8. The van der Waals surface area contributed by atoms with Crippen molar-refractivity contribution in [2.75, 3.05) is 18.5 Å². The highest BCUT2D eigenvalue weighted by Crippen LogP contribution is 2.33. The molecule has 0 aliphatic heterocycles. The van der Waals surface area contributed by atoms with Crippen LogP contribution in [0.1, 0.15) is 18.9 Å². The zero-order valence-corrected chi connectivity index (χ0v) is 11.7. The molecule has 108 valence electrons. The fraction of sp³-hybridized carbons (Fsp3) is 0.500. The van der Waals surface area contributed by atoms with E-state index in [0.29, 0.717) is 13.0 Å². The summed E-state index contributed by atoms with van der Waals surface area (Å²) in [7, 11) is 1.99. The summed E-state index contributed by atoms with van der Waals surface area (Å²) in [4.78, 5) is 24.1. The average Bonchev–Trinajstić information content (AvgIpc) is 3.25. The molecule has 1 aromatic carbocycles. The van der Waals surface area contributed by atoms with Gasteiger partial charge in [-0.05, 0) is 18.6 Å². The van der Waals surface area contributed by atoms with Crippen LogP contribution in [0.2, 0.25) is 0 Å². The monoisotopic (exact) mass is 277 g/mol. The van der Waals surface area contributed by atoms with Gasteiger partial charge in [-0.3, -0.25) is 14.9 Å². The molecular weight excluding hydrogens is 258 g/mol. The molecule has 1 fully saturated rings. The Morgan fingerprint density at radius 2 is 2.20 bits per heavy atom. The van der Waals surface area contributed by atoms with Crippen molar-refractivity contribution in [1.82, 2.24) is 5.32 Å². The van der Waals surface area contributed by atoms with E-state index in [4.69, 9.17) is 0 Å². The molecule has 1 amide bonds. The molecule has 0 bridgehead atoms. The number of carbonyl (C=O) groups excluding carboxylic acids is 1. The van der Waals surface area contributed by atoms with Crippen LogP contribution in [-0.4, -0.2) is 30.5 Å². The molecule has 2 atom stereocenters. The van der Waals surface area contributed by atoms with Gasteiger partial charge in [-0.15, -0.1) is 0 Å². The number of nitrogens with one attached hydrogen (secondary N) is 1. The van der Waals surface area contributed by atoms with Gasteiger partial charge in [0.05, 0.1) is 0 Å². The molecule has 0 saturated heterocycles. The first-order valence-electron chi connectivity index (χ1n) is 6.74. The number of hydrogen-bond donors (Lipinski definition) is 1. The van der Waals surface area contributed by atoms with Crippen molar-refractivity contribution in [3.05, 3.63) is 39.9 Å². The summed E-state index contributed by atoms with van der Waals surface area (Å²) in [6.45, 7) is 3.33. The Labute approximate surface area is 117 Å². The van der Waals surface area contributed by atoms with Gasteiger partial charge < -0.3 is 10.2 Å². The van der Waals surface area contributed by atoms with Crippen molar-refractivity contribution in [3.63, 3.8) is 0 Å². The lowest BCUT2D eigenvalue weighted by molar-refractivity contribution is -0.497. The molecule has 2 rings (SSSR count). The third kappa shape index (κ3) is 3.07. The number of amides is 1. The predicted molar refractivity (Wildman–Crippen MR) is 76.1 cm³/mol. The fourth-order valence-electron chi connectivity index (χ4n) is 2.21. The van der Waals surface area contributed by atoms with E-state index in [9.17, 15) is 14.9 Å². The molecule has 0 spiro atoms. The summed E-state index contributed by atoms with van der Waals surface area (Å²) >= 11 is 0. The standard InChI is InChI=1S/C14H19N3O3/c1-3-16(2)12-7-5-4-6-10(12)9-15-14(18)11-8-13(11)17(19)20/h4-7,11,13H,3,8-9H2,1-2H3,(H,15,18)/t11-,13+/m0/s1. The highest BCUT2D eigenvalue weighted by atomic mass is 16.6. The van der Waals surface area contributed by atoms with Crippen molar-refractivity contribution in [1.29, 1.82) is 0 Å². The van der Waals surface area contributed by atoms with E-state index in [1.165, 1.54) is 0 Å². The molecule has 0 heterocycles. The van der Waals surface area contributed by atoms with Crippen LogP contribution in [0.25, 0.3) is 0 Å². The van der Waals surface area contributed by atoms with E-state index in [2.05, 4.69) is 17.1 Å². The van der Waals surface area contributed by atoms with Crippen molar-refractivity contribution in [3.8, 4) is 0 Å². The summed E-state index contributed by atoms with van der Waals surface area (Å²) in [6.07, 6.45) is 0.356. The Balaban J connectivity index is 1.95. The zero-order valence-electron chi connectivity index (χ0n) is 11.7. The van der Waals surface area contributed by atoms with Gasteiger partial charge in [0.2, 0.25) is 11.9 Å². The first-order valence-corrected chi connectivity index (χ1v) is 6.74. The molecule has 0 radical (unpaired) electrons. The summed E-state index contributed by atoms with van der Waals surface area (Å²) in [5, 5.41) is 13.3. The van der Waals surface area contributed by atoms with E-state index >= 15 is 0 Å². The largest absolute Gasteiger partial charge is 0.375 e. The quantitative estimate of drug-likeness (QED) is 0.630. The van der Waals surface area contributed by atoms with Crippen LogP contribution in [0.15, 0.2) is 24.3 Å². The SMILES string of the molecule is CCN(C)c1ccccc1CNC(=O)[C@H]1C[C@H]1[N+](=O)[O-]. The van der Waals surface area contributed by atoms with Crippen LogP contribution >= 0.6 is 0 Å². The summed E-state index contributed by atoms with van der Waals surface area (Å²) in [5.41, 5.74) is 2.08. The number of anilines is 1. The lowest BCUT2D eigenvalue weighted by Gasteiger charge is -2.20. The minimum atomic E-state index is -0.691. The molecule has 1 N–H and O–H groups in total. The molecular formula is C14H19N3O3. The van der Waals surface area contributed by atoms with E-state index in [1.54, 1.807) is 0 Å². The van der Waals surface area contributed by atoms with Crippen LogP contribution in [0.5, 0.6) is 0 Å². The van der Waals surface area contributed by atoms with Gasteiger partial charge >= 0.3 is 0 Å². The van der Waals surface area contributed by atoms with Gasteiger partial charge in [0.25, 0.3) is 0 Å². The molecule has 6 heteroatoms. The Hall–Kier alpha value is -2.11. The topological polar surface area (TPSA) is 75.5 Å². The number of carbonyl (C=O) groups is 1. The van der Waals surface area contributed by atoms with Gasteiger partial charge in [-0.25, -0.2) is 0 Å². The van der Waals surface area contributed by atoms with Gasteiger partial charge in [-0.1, -0.05) is 18.2 Å². The summed E-state index contributed by atoms with van der Waals surface area (Å²) in [6, 6.07) is 7.15. The van der Waals surface area contributed by atoms with Crippen molar-refractivity contribution in [2.45, 2.75) is 25.9 Å². The number of rotatable bonds is 6. The van der Waals surface area contributed by atoms with Gasteiger partial charge in [-0.2, -0.15) is 0 Å². The lowest BCUT2D eigenvalue weighted by Crippen LogP contribution is -2.28. The number of para-hydroxylation sites is 1.